The molecule has 1 aliphatic carbocycles. The molecule has 11 heteroatoms. The molecule has 2 aromatic rings. The number of halogens is 3. The largest absolute Gasteiger partial charge is 0.352 e. The highest BCUT2D eigenvalue weighted by Crippen LogP contribution is 2.25. The van der Waals surface area contributed by atoms with Gasteiger partial charge in [0.1, 0.15) is 6.04 Å². The maximum Gasteiger partial charge on any atom is 0.242 e. The molecule has 0 aliphatic heterocycles. The van der Waals surface area contributed by atoms with Crippen LogP contribution in [0.3, 0.4) is 0 Å². The van der Waals surface area contributed by atoms with Crippen LogP contribution in [0.1, 0.15) is 57.4 Å². The van der Waals surface area contributed by atoms with Crippen molar-refractivity contribution in [1.29, 1.82) is 0 Å². The molecule has 0 unspecified atom stereocenters. The van der Waals surface area contributed by atoms with Gasteiger partial charge in [0.15, 0.2) is 0 Å². The highest BCUT2D eigenvalue weighted by atomic mass is 35.5. The lowest BCUT2D eigenvalue weighted by molar-refractivity contribution is -0.141. The van der Waals surface area contributed by atoms with Gasteiger partial charge < -0.3 is 10.2 Å². The third-order valence-corrected chi connectivity index (χ3v) is 8.74. The van der Waals surface area contributed by atoms with Crippen LogP contribution < -0.4 is 9.62 Å². The number of nitrogens with zero attached hydrogens (tertiary/aromatic N) is 2. The Kier molecular flexibility index (Phi) is 11.2. The number of rotatable bonds is 11. The van der Waals surface area contributed by atoms with Crippen LogP contribution >= 0.6 is 34.8 Å². The molecule has 2 aromatic carbocycles. The Morgan fingerprint density at radius 1 is 1.03 bits per heavy atom. The summed E-state index contributed by atoms with van der Waals surface area (Å²) in [6.07, 6.45) is 6.58. The molecule has 38 heavy (non-hydrogen) atoms. The van der Waals surface area contributed by atoms with Crippen molar-refractivity contribution in [2.45, 2.75) is 70.5 Å². The van der Waals surface area contributed by atoms with E-state index in [4.69, 9.17) is 34.8 Å². The van der Waals surface area contributed by atoms with Crippen molar-refractivity contribution >= 4 is 62.3 Å². The third kappa shape index (κ3) is 8.76. The zero-order chi connectivity index (χ0) is 27.9. The highest BCUT2D eigenvalue weighted by Gasteiger charge is 2.29. The predicted octanol–water partition coefficient (Wildman–Crippen LogP) is 6.06. The molecule has 3 rings (SSSR count). The first kappa shape index (κ1) is 30.5. The number of carbonyl (C=O) groups is 2. The molecule has 0 saturated heterocycles. The molecular formula is C27H34Cl3N3O4S. The second-order valence-electron chi connectivity index (χ2n) is 9.70. The molecule has 1 atom stereocenters. The Hall–Kier alpha value is -2.00. The standard InChI is InChI=1S/C27H34Cl3N3O4S/c1-19(27(35)31-23-9-4-3-5-10-23)32(18-20-13-14-22(29)17-25(20)30)26(34)12-7-15-33(38(2,36)37)24-11-6-8-21(28)16-24/h6,8,11,13-14,16-17,19,23H,3-5,7,9-10,12,15,18H2,1-2H3,(H,31,35)/t19-/m1/s1. The van der Waals surface area contributed by atoms with Gasteiger partial charge in [0.2, 0.25) is 21.8 Å². The molecule has 7 nitrogen and oxygen atoms in total. The molecule has 1 saturated carbocycles. The van der Waals surface area contributed by atoms with Gasteiger partial charge in [-0.1, -0.05) is 66.2 Å². The summed E-state index contributed by atoms with van der Waals surface area (Å²) < 4.78 is 26.1. The Morgan fingerprint density at radius 2 is 1.71 bits per heavy atom. The van der Waals surface area contributed by atoms with E-state index >= 15 is 0 Å². The Balaban J connectivity index is 1.74. The van der Waals surface area contributed by atoms with Gasteiger partial charge in [-0.3, -0.25) is 13.9 Å². The average Bonchev–Trinajstić information content (AvgIpc) is 2.85. The monoisotopic (exact) mass is 601 g/mol. The predicted molar refractivity (Wildman–Crippen MR) is 154 cm³/mol. The zero-order valence-electron chi connectivity index (χ0n) is 21.6. The first-order chi connectivity index (χ1) is 18.0. The van der Waals surface area contributed by atoms with Gasteiger partial charge in [-0.25, -0.2) is 8.42 Å². The minimum absolute atomic E-state index is 0.0405. The summed E-state index contributed by atoms with van der Waals surface area (Å²) in [4.78, 5) is 28.1. The van der Waals surface area contributed by atoms with Crippen LogP contribution in [0.15, 0.2) is 42.5 Å². The smallest absolute Gasteiger partial charge is 0.242 e. The summed E-state index contributed by atoms with van der Waals surface area (Å²) in [5.41, 5.74) is 1.09. The molecule has 0 aromatic heterocycles. The Morgan fingerprint density at radius 3 is 2.34 bits per heavy atom. The van der Waals surface area contributed by atoms with Gasteiger partial charge in [-0.2, -0.15) is 0 Å². The zero-order valence-corrected chi connectivity index (χ0v) is 24.7. The summed E-state index contributed by atoms with van der Waals surface area (Å²) in [5.74, 6) is -0.492. The van der Waals surface area contributed by atoms with Crippen LogP contribution in [-0.4, -0.2) is 50.0 Å². The second-order valence-corrected chi connectivity index (χ2v) is 12.9. The maximum absolute atomic E-state index is 13.5. The normalized spacial score (nSPS) is 15.1. The lowest BCUT2D eigenvalue weighted by Gasteiger charge is -2.32. The lowest BCUT2D eigenvalue weighted by Crippen LogP contribution is -2.50. The number of nitrogens with one attached hydrogen (secondary N) is 1. The minimum atomic E-state index is -3.60. The molecule has 208 valence electrons. The molecular weight excluding hydrogens is 569 g/mol. The summed E-state index contributed by atoms with van der Waals surface area (Å²) in [6.45, 7) is 1.91. The topological polar surface area (TPSA) is 86.8 Å². The van der Waals surface area contributed by atoms with E-state index < -0.39 is 16.1 Å². The first-order valence-corrected chi connectivity index (χ1v) is 15.7. The van der Waals surface area contributed by atoms with E-state index in [0.29, 0.717) is 26.3 Å². The van der Waals surface area contributed by atoms with E-state index in [1.807, 2.05) is 0 Å². The van der Waals surface area contributed by atoms with Crippen molar-refractivity contribution in [2.24, 2.45) is 0 Å². The van der Waals surface area contributed by atoms with E-state index in [0.717, 1.165) is 31.9 Å². The molecule has 1 N–H and O–H groups in total. The van der Waals surface area contributed by atoms with Gasteiger partial charge >= 0.3 is 0 Å². The van der Waals surface area contributed by atoms with Gasteiger partial charge in [0, 0.05) is 40.6 Å². The molecule has 0 spiro atoms. The van der Waals surface area contributed by atoms with Crippen molar-refractivity contribution in [1.82, 2.24) is 10.2 Å². The maximum atomic E-state index is 13.5. The molecule has 2 amide bonds. The fourth-order valence-corrected chi connectivity index (χ4v) is 6.23. The molecule has 0 heterocycles. The quantitative estimate of drug-likeness (QED) is 0.339. The van der Waals surface area contributed by atoms with E-state index in [2.05, 4.69) is 5.32 Å². The van der Waals surface area contributed by atoms with Gasteiger partial charge in [-0.15, -0.1) is 0 Å². The fraction of sp³-hybridized carbons (Fsp3) is 0.481. The fourth-order valence-electron chi connectivity index (χ4n) is 4.62. The molecule has 0 radical (unpaired) electrons. The number of sulfonamides is 1. The Bertz CT molecular complexity index is 1240. The number of hydrogen-bond acceptors (Lipinski definition) is 4. The molecule has 0 bridgehead atoms. The number of carbonyl (C=O) groups excluding carboxylic acids is 2. The van der Waals surface area contributed by atoms with E-state index in [-0.39, 0.29) is 43.8 Å². The summed E-state index contributed by atoms with van der Waals surface area (Å²) in [5, 5.41) is 4.39. The first-order valence-electron chi connectivity index (χ1n) is 12.7. The van der Waals surface area contributed by atoms with Gasteiger partial charge in [-0.05, 0) is 62.1 Å². The summed E-state index contributed by atoms with van der Waals surface area (Å²) >= 11 is 18.5. The van der Waals surface area contributed by atoms with Crippen LogP contribution in [0.2, 0.25) is 15.1 Å². The van der Waals surface area contributed by atoms with Crippen LogP contribution in [0, 0.1) is 0 Å². The van der Waals surface area contributed by atoms with Crippen LogP contribution in [0.4, 0.5) is 5.69 Å². The number of hydrogen-bond donors (Lipinski definition) is 1. The van der Waals surface area contributed by atoms with Gasteiger partial charge in [0.25, 0.3) is 0 Å². The van der Waals surface area contributed by atoms with Crippen LogP contribution in [0.25, 0.3) is 0 Å². The third-order valence-electron chi connectivity index (χ3n) is 6.72. The van der Waals surface area contributed by atoms with E-state index in [1.165, 1.54) is 15.6 Å². The Labute approximate surface area is 240 Å². The van der Waals surface area contributed by atoms with Gasteiger partial charge in [0.05, 0.1) is 11.9 Å². The average molecular weight is 603 g/mol. The number of anilines is 1. The van der Waals surface area contributed by atoms with Crippen molar-refractivity contribution in [2.75, 3.05) is 17.1 Å². The van der Waals surface area contributed by atoms with Crippen molar-refractivity contribution in [3.63, 3.8) is 0 Å². The summed E-state index contributed by atoms with van der Waals surface area (Å²) in [6, 6.07) is 10.9. The molecule has 1 fully saturated rings. The SMILES string of the molecule is C[C@H](C(=O)NC1CCCCC1)N(Cc1ccc(Cl)cc1Cl)C(=O)CCCN(c1cccc(Cl)c1)S(C)(=O)=O. The highest BCUT2D eigenvalue weighted by molar-refractivity contribution is 7.92. The second kappa shape index (κ2) is 13.9. The number of benzene rings is 2. The van der Waals surface area contributed by atoms with Crippen molar-refractivity contribution in [3.8, 4) is 0 Å². The lowest BCUT2D eigenvalue weighted by atomic mass is 9.95. The minimum Gasteiger partial charge on any atom is -0.352 e. The van der Waals surface area contributed by atoms with Crippen LogP contribution in [0.5, 0.6) is 0 Å². The summed E-state index contributed by atoms with van der Waals surface area (Å²) in [7, 11) is -3.60. The van der Waals surface area contributed by atoms with E-state index in [1.54, 1.807) is 49.4 Å². The number of amides is 2. The van der Waals surface area contributed by atoms with Crippen molar-refractivity contribution in [3.05, 3.63) is 63.1 Å². The van der Waals surface area contributed by atoms with Crippen LogP contribution in [-0.2, 0) is 26.2 Å². The van der Waals surface area contributed by atoms with E-state index in [9.17, 15) is 18.0 Å². The van der Waals surface area contributed by atoms with Crippen molar-refractivity contribution < 1.29 is 18.0 Å². The molecule has 1 aliphatic rings.